The quantitative estimate of drug-likeness (QED) is 0.827. The van der Waals surface area contributed by atoms with Gasteiger partial charge in [-0.05, 0) is 48.9 Å². The van der Waals surface area contributed by atoms with E-state index in [0.29, 0.717) is 18.2 Å². The number of carboxylic acids is 1. The molecule has 1 aliphatic carbocycles. The third kappa shape index (κ3) is 3.43. The zero-order valence-corrected chi connectivity index (χ0v) is 14.5. The molecule has 0 radical (unpaired) electrons. The number of halogens is 1. The number of hydrogen-bond acceptors (Lipinski definition) is 3. The molecule has 4 unspecified atom stereocenters. The van der Waals surface area contributed by atoms with E-state index in [4.69, 9.17) is 0 Å². The van der Waals surface area contributed by atoms with Crippen LogP contribution in [0.1, 0.15) is 26.2 Å². The predicted molar refractivity (Wildman–Crippen MR) is 90.3 cm³/mol. The molecular weight excluding hydrogens is 329 g/mol. The molecule has 3 rings (SSSR count). The molecule has 1 saturated carbocycles. The van der Waals surface area contributed by atoms with E-state index in [-0.39, 0.29) is 23.6 Å². The molecule has 0 spiro atoms. The largest absolute Gasteiger partial charge is 0.480 e. The van der Waals surface area contributed by atoms with Crippen LogP contribution >= 0.6 is 11.8 Å². The van der Waals surface area contributed by atoms with Crippen molar-refractivity contribution in [2.75, 3.05) is 12.3 Å². The Morgan fingerprint density at radius 1 is 1.33 bits per heavy atom. The molecule has 4 nitrogen and oxygen atoms in total. The average molecular weight is 351 g/mol. The third-order valence-electron chi connectivity index (χ3n) is 5.16. The van der Waals surface area contributed by atoms with Gasteiger partial charge in [-0.25, -0.2) is 9.18 Å². The summed E-state index contributed by atoms with van der Waals surface area (Å²) >= 11 is 1.49. The molecule has 1 amide bonds. The van der Waals surface area contributed by atoms with Crippen molar-refractivity contribution in [2.45, 2.75) is 37.1 Å². The number of aliphatic carboxylic acids is 1. The first kappa shape index (κ1) is 17.3. The molecule has 2 aliphatic rings. The molecule has 24 heavy (non-hydrogen) atoms. The number of likely N-dealkylation sites (tertiary alicyclic amines) is 1. The monoisotopic (exact) mass is 351 g/mol. The van der Waals surface area contributed by atoms with Gasteiger partial charge >= 0.3 is 5.97 Å². The van der Waals surface area contributed by atoms with Crippen molar-refractivity contribution in [3.63, 3.8) is 0 Å². The van der Waals surface area contributed by atoms with E-state index in [9.17, 15) is 19.1 Å². The normalized spacial score (nSPS) is 27.1. The fourth-order valence-electron chi connectivity index (χ4n) is 3.96. The van der Waals surface area contributed by atoms with Crippen molar-refractivity contribution in [3.05, 3.63) is 30.1 Å². The van der Waals surface area contributed by atoms with Crippen molar-refractivity contribution < 1.29 is 19.1 Å². The fraction of sp³-hybridized carbons (Fsp3) is 0.556. The van der Waals surface area contributed by atoms with E-state index in [1.807, 2.05) is 6.92 Å². The third-order valence-corrected chi connectivity index (χ3v) is 6.43. The number of fused-ring (bicyclic) bond motifs is 1. The molecular formula is C18H22FNO3S. The minimum atomic E-state index is -0.879. The van der Waals surface area contributed by atoms with Gasteiger partial charge in [0.25, 0.3) is 0 Å². The summed E-state index contributed by atoms with van der Waals surface area (Å²) in [7, 11) is 0. The maximum atomic E-state index is 12.9. The summed E-state index contributed by atoms with van der Waals surface area (Å²) in [6, 6.07) is 5.52. The Labute approximate surface area is 145 Å². The highest BCUT2D eigenvalue weighted by molar-refractivity contribution is 7.99. The predicted octanol–water partition coefficient (Wildman–Crippen LogP) is 3.27. The Morgan fingerprint density at radius 2 is 2.04 bits per heavy atom. The van der Waals surface area contributed by atoms with Crippen molar-refractivity contribution in [1.82, 2.24) is 4.90 Å². The van der Waals surface area contributed by atoms with Gasteiger partial charge in [0, 0.05) is 23.1 Å². The summed E-state index contributed by atoms with van der Waals surface area (Å²) < 4.78 is 12.9. The second-order valence-corrected chi connectivity index (χ2v) is 7.89. The molecule has 130 valence electrons. The van der Waals surface area contributed by atoms with Crippen molar-refractivity contribution in [3.8, 4) is 0 Å². The van der Waals surface area contributed by atoms with Crippen LogP contribution in [-0.4, -0.2) is 40.2 Å². The van der Waals surface area contributed by atoms with Crippen LogP contribution in [0.5, 0.6) is 0 Å². The molecule has 0 bridgehead atoms. The van der Waals surface area contributed by atoms with Gasteiger partial charge < -0.3 is 10.0 Å². The molecule has 1 aromatic rings. The van der Waals surface area contributed by atoms with Crippen LogP contribution in [0.15, 0.2) is 29.2 Å². The van der Waals surface area contributed by atoms with Crippen LogP contribution < -0.4 is 0 Å². The van der Waals surface area contributed by atoms with Crippen molar-refractivity contribution in [2.24, 2.45) is 17.8 Å². The first-order valence-corrected chi connectivity index (χ1v) is 9.37. The van der Waals surface area contributed by atoms with E-state index >= 15 is 0 Å². The molecule has 1 heterocycles. The molecule has 1 aromatic carbocycles. The number of thioether (sulfide) groups is 1. The lowest BCUT2D eigenvalue weighted by molar-refractivity contribution is -0.150. The van der Waals surface area contributed by atoms with Crippen molar-refractivity contribution in [1.29, 1.82) is 0 Å². The smallest absolute Gasteiger partial charge is 0.326 e. The average Bonchev–Trinajstić information content (AvgIpc) is 3.13. The van der Waals surface area contributed by atoms with E-state index in [1.54, 1.807) is 17.0 Å². The van der Waals surface area contributed by atoms with Gasteiger partial charge in [0.05, 0.1) is 0 Å². The highest BCUT2D eigenvalue weighted by atomic mass is 32.2. The first-order chi connectivity index (χ1) is 11.5. The minimum Gasteiger partial charge on any atom is -0.480 e. The lowest BCUT2D eigenvalue weighted by atomic mass is 9.94. The Kier molecular flexibility index (Phi) is 5.13. The van der Waals surface area contributed by atoms with Crippen molar-refractivity contribution >= 4 is 23.6 Å². The topological polar surface area (TPSA) is 57.6 Å². The van der Waals surface area contributed by atoms with E-state index in [1.165, 1.54) is 23.9 Å². The number of carboxylic acid groups (broad SMARTS) is 1. The lowest BCUT2D eigenvalue weighted by Gasteiger charge is -2.27. The Balaban J connectivity index is 1.62. The van der Waals surface area contributed by atoms with Crippen LogP contribution in [-0.2, 0) is 9.59 Å². The summed E-state index contributed by atoms with van der Waals surface area (Å²) in [5.41, 5.74) is 0. The van der Waals surface area contributed by atoms with Gasteiger partial charge in [-0.2, -0.15) is 0 Å². The number of carbonyl (C=O) groups is 2. The Hall–Kier alpha value is -1.56. The number of nitrogens with zero attached hydrogens (tertiary/aromatic N) is 1. The van der Waals surface area contributed by atoms with E-state index in [0.717, 1.165) is 24.2 Å². The van der Waals surface area contributed by atoms with Crippen LogP contribution in [0, 0.1) is 23.6 Å². The maximum Gasteiger partial charge on any atom is 0.326 e. The van der Waals surface area contributed by atoms with Crippen LogP contribution in [0.25, 0.3) is 0 Å². The molecule has 1 N–H and O–H groups in total. The first-order valence-electron chi connectivity index (χ1n) is 8.39. The fourth-order valence-corrected chi connectivity index (χ4v) is 4.87. The maximum absolute atomic E-state index is 12.9. The van der Waals surface area contributed by atoms with E-state index in [2.05, 4.69) is 0 Å². The van der Waals surface area contributed by atoms with Gasteiger partial charge in [-0.1, -0.05) is 13.3 Å². The standard InChI is InChI=1S/C18H22FNO3S/c1-11(10-24-14-7-5-13(19)6-8-14)17(21)20-9-12-3-2-4-15(12)16(20)18(22)23/h5-8,11-12,15-16H,2-4,9-10H2,1H3,(H,22,23). The van der Waals surface area contributed by atoms with Crippen LogP contribution in [0.3, 0.4) is 0 Å². The highest BCUT2D eigenvalue weighted by Gasteiger charge is 2.49. The van der Waals surface area contributed by atoms with Gasteiger partial charge in [-0.3, -0.25) is 4.79 Å². The van der Waals surface area contributed by atoms with E-state index < -0.39 is 12.0 Å². The summed E-state index contributed by atoms with van der Waals surface area (Å²) in [5.74, 6) is -0.488. The van der Waals surface area contributed by atoms with Gasteiger partial charge in [-0.15, -0.1) is 11.8 Å². The van der Waals surface area contributed by atoms with Gasteiger partial charge in [0.2, 0.25) is 5.91 Å². The van der Waals surface area contributed by atoms with Crippen LogP contribution in [0.2, 0.25) is 0 Å². The molecule has 1 saturated heterocycles. The zero-order valence-electron chi connectivity index (χ0n) is 13.7. The highest BCUT2D eigenvalue weighted by Crippen LogP contribution is 2.42. The molecule has 2 fully saturated rings. The summed E-state index contributed by atoms with van der Waals surface area (Å²) in [5, 5.41) is 9.56. The van der Waals surface area contributed by atoms with Gasteiger partial charge in [0.1, 0.15) is 11.9 Å². The summed E-state index contributed by atoms with van der Waals surface area (Å²) in [4.78, 5) is 26.9. The molecule has 4 atom stereocenters. The number of rotatable bonds is 5. The number of amides is 1. The molecule has 0 aromatic heterocycles. The van der Waals surface area contributed by atoms with Crippen LogP contribution in [0.4, 0.5) is 4.39 Å². The second-order valence-electron chi connectivity index (χ2n) is 6.79. The summed E-state index contributed by atoms with van der Waals surface area (Å²) in [6.07, 6.45) is 3.00. The Bertz CT molecular complexity index is 621. The minimum absolute atomic E-state index is 0.0774. The SMILES string of the molecule is CC(CSc1ccc(F)cc1)C(=O)N1CC2CCCC2C1C(=O)O. The zero-order chi connectivity index (χ0) is 17.3. The number of benzene rings is 1. The van der Waals surface area contributed by atoms with Gasteiger partial charge in [0.15, 0.2) is 0 Å². The number of carbonyl (C=O) groups excluding carboxylic acids is 1. The molecule has 6 heteroatoms. The Morgan fingerprint density at radius 3 is 2.71 bits per heavy atom. The number of hydrogen-bond donors (Lipinski definition) is 1. The lowest BCUT2D eigenvalue weighted by Crippen LogP contribution is -2.45. The summed E-state index contributed by atoms with van der Waals surface area (Å²) in [6.45, 7) is 2.41. The second kappa shape index (κ2) is 7.13. The molecule has 1 aliphatic heterocycles.